The van der Waals surface area contributed by atoms with Crippen molar-refractivity contribution in [1.82, 2.24) is 10.2 Å². The highest BCUT2D eigenvalue weighted by molar-refractivity contribution is 5.84. The summed E-state index contributed by atoms with van der Waals surface area (Å²) in [4.78, 5) is 38.4. The molecule has 0 bridgehead atoms. The van der Waals surface area contributed by atoms with E-state index in [9.17, 15) is 19.5 Å². The van der Waals surface area contributed by atoms with Crippen molar-refractivity contribution in [2.45, 2.75) is 51.5 Å². The average Bonchev–Trinajstić information content (AvgIpc) is 3.11. The summed E-state index contributed by atoms with van der Waals surface area (Å²) in [6.07, 6.45) is 1.53. The molecule has 2 amide bonds. The van der Waals surface area contributed by atoms with Crippen molar-refractivity contribution in [2.75, 3.05) is 19.7 Å². The summed E-state index contributed by atoms with van der Waals surface area (Å²) in [5.74, 6) is -1.02. The van der Waals surface area contributed by atoms with Crippen LogP contribution in [0.4, 0.5) is 4.79 Å². The summed E-state index contributed by atoms with van der Waals surface area (Å²) in [5, 5.41) is 12.3. The van der Waals surface area contributed by atoms with E-state index in [0.29, 0.717) is 12.8 Å². The van der Waals surface area contributed by atoms with Gasteiger partial charge in [-0.05, 0) is 35.1 Å². The number of nitrogens with one attached hydrogen (secondary N) is 1. The van der Waals surface area contributed by atoms with Gasteiger partial charge in [-0.2, -0.15) is 0 Å². The van der Waals surface area contributed by atoms with Gasteiger partial charge >= 0.3 is 12.1 Å². The number of amides is 2. The van der Waals surface area contributed by atoms with Crippen molar-refractivity contribution in [1.29, 1.82) is 0 Å². The van der Waals surface area contributed by atoms with Gasteiger partial charge in [0.25, 0.3) is 0 Å². The molecule has 180 valence electrons. The van der Waals surface area contributed by atoms with Crippen LogP contribution in [-0.4, -0.2) is 53.7 Å². The Labute approximate surface area is 200 Å². The molecular weight excluding hydrogens is 432 g/mol. The maximum Gasteiger partial charge on any atom is 0.407 e. The predicted molar refractivity (Wildman–Crippen MR) is 128 cm³/mol. The van der Waals surface area contributed by atoms with Gasteiger partial charge in [0.05, 0.1) is 0 Å². The lowest BCUT2D eigenvalue weighted by Crippen LogP contribution is -2.62. The Morgan fingerprint density at radius 1 is 1.06 bits per heavy atom. The standard InChI is InChI=1S/C27H32N2O5/c1-3-9-18(14-24(30)29-16-27(4-2,17-29)25(31)32)28-26(33)34-15-23-21-12-7-5-10-19(21)20-11-6-8-13-22(20)23/h5-8,10-13,18,23H,3-4,9,14-17H2,1-2H3,(H,28,33)(H,31,32)/t18-/m1/s1. The van der Waals surface area contributed by atoms with E-state index in [4.69, 9.17) is 4.74 Å². The Morgan fingerprint density at radius 3 is 2.18 bits per heavy atom. The zero-order valence-corrected chi connectivity index (χ0v) is 19.8. The van der Waals surface area contributed by atoms with E-state index < -0.39 is 17.5 Å². The number of carbonyl (C=O) groups excluding carboxylic acids is 2. The second kappa shape index (κ2) is 9.87. The highest BCUT2D eigenvalue weighted by Gasteiger charge is 2.49. The van der Waals surface area contributed by atoms with Crippen molar-refractivity contribution in [3.05, 3.63) is 59.7 Å². The van der Waals surface area contributed by atoms with E-state index in [1.165, 1.54) is 11.1 Å². The SMILES string of the molecule is CCC[C@H](CC(=O)N1CC(CC)(C(=O)O)C1)NC(=O)OCC1c2ccccc2-c2ccccc21. The molecular formula is C27H32N2O5. The van der Waals surface area contributed by atoms with E-state index >= 15 is 0 Å². The van der Waals surface area contributed by atoms with E-state index in [1.54, 1.807) is 4.90 Å². The summed E-state index contributed by atoms with van der Waals surface area (Å²) in [6, 6.07) is 16.0. The first-order valence-corrected chi connectivity index (χ1v) is 12.0. The van der Waals surface area contributed by atoms with E-state index in [2.05, 4.69) is 29.6 Å². The molecule has 1 fully saturated rings. The number of nitrogens with zero attached hydrogens (tertiary/aromatic N) is 1. The Balaban J connectivity index is 1.33. The molecule has 1 saturated heterocycles. The van der Waals surface area contributed by atoms with Gasteiger partial charge in [0.15, 0.2) is 0 Å². The first-order chi connectivity index (χ1) is 16.4. The summed E-state index contributed by atoms with van der Waals surface area (Å²) >= 11 is 0. The van der Waals surface area contributed by atoms with Crippen molar-refractivity contribution in [2.24, 2.45) is 5.41 Å². The van der Waals surface area contributed by atoms with Gasteiger partial charge in [0, 0.05) is 31.5 Å². The molecule has 2 N–H and O–H groups in total. The minimum atomic E-state index is -0.860. The van der Waals surface area contributed by atoms with Gasteiger partial charge in [0.1, 0.15) is 12.0 Å². The smallest absolute Gasteiger partial charge is 0.407 e. The fourth-order valence-corrected chi connectivity index (χ4v) is 5.09. The average molecular weight is 465 g/mol. The molecule has 7 heteroatoms. The number of likely N-dealkylation sites (tertiary alicyclic amines) is 1. The molecule has 0 saturated carbocycles. The normalized spacial score (nSPS) is 16.7. The molecule has 4 rings (SSSR count). The number of carbonyl (C=O) groups is 3. The molecule has 1 heterocycles. The fourth-order valence-electron chi connectivity index (χ4n) is 5.09. The second-order valence-corrected chi connectivity index (χ2v) is 9.35. The minimum Gasteiger partial charge on any atom is -0.481 e. The number of alkyl carbamates (subject to hydrolysis) is 1. The van der Waals surface area contributed by atoms with Crippen molar-refractivity contribution in [3.8, 4) is 11.1 Å². The maximum atomic E-state index is 12.7. The summed E-state index contributed by atoms with van der Waals surface area (Å²) in [5.41, 5.74) is 3.79. The van der Waals surface area contributed by atoms with Crippen LogP contribution in [-0.2, 0) is 14.3 Å². The van der Waals surface area contributed by atoms with Crippen LogP contribution in [0.2, 0.25) is 0 Å². The molecule has 2 aromatic rings. The summed E-state index contributed by atoms with van der Waals surface area (Å²) < 4.78 is 5.63. The van der Waals surface area contributed by atoms with Crippen LogP contribution in [0.1, 0.15) is 56.6 Å². The van der Waals surface area contributed by atoms with Crippen LogP contribution < -0.4 is 5.32 Å². The third-order valence-corrected chi connectivity index (χ3v) is 7.19. The molecule has 0 unspecified atom stereocenters. The van der Waals surface area contributed by atoms with Crippen LogP contribution in [0.5, 0.6) is 0 Å². The van der Waals surface area contributed by atoms with Crippen LogP contribution in [0.15, 0.2) is 48.5 Å². The monoisotopic (exact) mass is 464 g/mol. The molecule has 7 nitrogen and oxygen atoms in total. The van der Waals surface area contributed by atoms with Crippen molar-refractivity contribution >= 4 is 18.0 Å². The number of fused-ring (bicyclic) bond motifs is 3. The zero-order chi connectivity index (χ0) is 24.3. The number of hydrogen-bond acceptors (Lipinski definition) is 4. The third-order valence-electron chi connectivity index (χ3n) is 7.19. The van der Waals surface area contributed by atoms with E-state index in [-0.39, 0.29) is 44.0 Å². The molecule has 1 aliphatic carbocycles. The number of hydrogen-bond donors (Lipinski definition) is 2. The van der Waals surface area contributed by atoms with Gasteiger partial charge in [0.2, 0.25) is 5.91 Å². The third kappa shape index (κ3) is 4.52. The van der Waals surface area contributed by atoms with Gasteiger partial charge in [-0.1, -0.05) is 68.8 Å². The topological polar surface area (TPSA) is 95.9 Å². The summed E-state index contributed by atoms with van der Waals surface area (Å²) in [6.45, 7) is 4.49. The lowest BCUT2D eigenvalue weighted by atomic mass is 9.77. The van der Waals surface area contributed by atoms with Crippen LogP contribution in [0, 0.1) is 5.41 Å². The highest BCUT2D eigenvalue weighted by atomic mass is 16.5. The van der Waals surface area contributed by atoms with E-state index in [0.717, 1.165) is 17.5 Å². The Hall–Kier alpha value is -3.35. The van der Waals surface area contributed by atoms with Crippen LogP contribution in [0.3, 0.4) is 0 Å². The van der Waals surface area contributed by atoms with Gasteiger partial charge in [-0.3, -0.25) is 9.59 Å². The highest BCUT2D eigenvalue weighted by Crippen LogP contribution is 2.44. The number of ether oxygens (including phenoxy) is 1. The molecule has 0 aromatic heterocycles. The number of benzene rings is 2. The molecule has 1 aliphatic heterocycles. The zero-order valence-electron chi connectivity index (χ0n) is 19.8. The van der Waals surface area contributed by atoms with Gasteiger partial charge < -0.3 is 20.1 Å². The lowest BCUT2D eigenvalue weighted by Gasteiger charge is -2.47. The minimum absolute atomic E-state index is 0.0244. The van der Waals surface area contributed by atoms with E-state index in [1.807, 2.05) is 38.1 Å². The number of rotatable bonds is 9. The van der Waals surface area contributed by atoms with Crippen LogP contribution >= 0.6 is 0 Å². The van der Waals surface area contributed by atoms with Crippen LogP contribution in [0.25, 0.3) is 11.1 Å². The second-order valence-electron chi connectivity index (χ2n) is 9.35. The van der Waals surface area contributed by atoms with Crippen molar-refractivity contribution < 1.29 is 24.2 Å². The largest absolute Gasteiger partial charge is 0.481 e. The van der Waals surface area contributed by atoms with Gasteiger partial charge in [-0.15, -0.1) is 0 Å². The molecule has 34 heavy (non-hydrogen) atoms. The lowest BCUT2D eigenvalue weighted by molar-refractivity contribution is -0.166. The summed E-state index contributed by atoms with van der Waals surface area (Å²) in [7, 11) is 0. The Bertz CT molecular complexity index is 1030. The fraction of sp³-hybridized carbons (Fsp3) is 0.444. The van der Waals surface area contributed by atoms with Crippen molar-refractivity contribution in [3.63, 3.8) is 0 Å². The number of carboxylic acid groups (broad SMARTS) is 1. The molecule has 0 spiro atoms. The Morgan fingerprint density at radius 2 is 1.65 bits per heavy atom. The Kier molecular flexibility index (Phi) is 6.91. The number of aliphatic carboxylic acids is 1. The van der Waals surface area contributed by atoms with Gasteiger partial charge in [-0.25, -0.2) is 4.79 Å². The quantitative estimate of drug-likeness (QED) is 0.573. The molecule has 2 aromatic carbocycles. The molecule has 0 radical (unpaired) electrons. The maximum absolute atomic E-state index is 12.7. The molecule has 2 aliphatic rings. The molecule has 1 atom stereocenters. The number of carboxylic acids is 1. The first kappa shape index (κ1) is 23.8. The first-order valence-electron chi connectivity index (χ1n) is 12.0. The predicted octanol–water partition coefficient (Wildman–Crippen LogP) is 4.41.